The van der Waals surface area contributed by atoms with Crippen molar-refractivity contribution in [3.05, 3.63) is 88.4 Å². The van der Waals surface area contributed by atoms with Crippen LogP contribution in [0.5, 0.6) is 5.75 Å². The highest BCUT2D eigenvalue weighted by molar-refractivity contribution is 6.36. The molecule has 0 bridgehead atoms. The zero-order valence-electron chi connectivity index (χ0n) is 16.9. The van der Waals surface area contributed by atoms with Gasteiger partial charge < -0.3 is 14.5 Å². The Balaban J connectivity index is 1.46. The number of ether oxygens (including phenoxy) is 1. The normalized spacial score (nSPS) is 11.1. The van der Waals surface area contributed by atoms with Crippen molar-refractivity contribution in [3.8, 4) is 17.2 Å². The van der Waals surface area contributed by atoms with Gasteiger partial charge in [-0.3, -0.25) is 4.79 Å². The molecule has 5 rings (SSSR count). The van der Waals surface area contributed by atoms with Crippen LogP contribution in [-0.2, 0) is 0 Å². The van der Waals surface area contributed by atoms with Crippen LogP contribution in [0.3, 0.4) is 0 Å². The molecule has 0 saturated carbocycles. The number of anilines is 1. The maximum atomic E-state index is 12.8. The smallest absolute Gasteiger partial charge is 0.259 e. The van der Waals surface area contributed by atoms with Gasteiger partial charge in [-0.05, 0) is 53.2 Å². The summed E-state index contributed by atoms with van der Waals surface area (Å²) in [5, 5.41) is 5.69. The second-order valence-corrected chi connectivity index (χ2v) is 8.03. The third-order valence-corrected chi connectivity index (χ3v) is 5.60. The van der Waals surface area contributed by atoms with Gasteiger partial charge in [0.25, 0.3) is 5.91 Å². The maximum absolute atomic E-state index is 12.8. The Kier molecular flexibility index (Phi) is 5.21. The van der Waals surface area contributed by atoms with Crippen LogP contribution in [0.4, 0.5) is 5.69 Å². The second-order valence-electron chi connectivity index (χ2n) is 7.19. The zero-order chi connectivity index (χ0) is 22.2. The number of oxazole rings is 1. The quantitative estimate of drug-likeness (QED) is 0.306. The summed E-state index contributed by atoms with van der Waals surface area (Å²) >= 11 is 12.2. The lowest BCUT2D eigenvalue weighted by atomic mass is 10.1. The number of aromatic nitrogens is 1. The molecule has 0 atom stereocenters. The highest BCUT2D eigenvalue weighted by Gasteiger charge is 2.18. The minimum atomic E-state index is -0.399. The van der Waals surface area contributed by atoms with Crippen molar-refractivity contribution in [1.82, 2.24) is 4.98 Å². The number of nitrogens with zero attached hydrogens (tertiary/aromatic N) is 1. The third-order valence-electron chi connectivity index (χ3n) is 5.10. The number of hydrogen-bond donors (Lipinski definition) is 1. The van der Waals surface area contributed by atoms with E-state index in [1.165, 1.54) is 19.2 Å². The number of halogens is 2. The molecule has 158 valence electrons. The minimum absolute atomic E-state index is 0.238. The number of amides is 1. The van der Waals surface area contributed by atoms with Crippen LogP contribution in [-0.4, -0.2) is 18.0 Å². The van der Waals surface area contributed by atoms with Crippen LogP contribution in [0, 0.1) is 0 Å². The van der Waals surface area contributed by atoms with E-state index in [-0.39, 0.29) is 16.3 Å². The van der Waals surface area contributed by atoms with Crippen LogP contribution in [0.2, 0.25) is 10.0 Å². The molecule has 1 aromatic heterocycles. The summed E-state index contributed by atoms with van der Waals surface area (Å²) in [5.41, 5.74) is 2.92. The van der Waals surface area contributed by atoms with Gasteiger partial charge in [0, 0.05) is 16.3 Å². The number of benzene rings is 4. The van der Waals surface area contributed by atoms with Crippen molar-refractivity contribution < 1.29 is 13.9 Å². The molecule has 7 heteroatoms. The number of rotatable bonds is 4. The summed E-state index contributed by atoms with van der Waals surface area (Å²) in [6, 6.07) is 22.5. The van der Waals surface area contributed by atoms with Crippen molar-refractivity contribution in [2.75, 3.05) is 12.4 Å². The van der Waals surface area contributed by atoms with Crippen LogP contribution >= 0.6 is 23.2 Å². The van der Waals surface area contributed by atoms with Crippen LogP contribution in [0.1, 0.15) is 10.4 Å². The molecule has 4 aromatic carbocycles. The fraction of sp³-hybridized carbons (Fsp3) is 0.0400. The Hall–Kier alpha value is -3.54. The highest BCUT2D eigenvalue weighted by atomic mass is 35.5. The van der Waals surface area contributed by atoms with E-state index >= 15 is 0 Å². The van der Waals surface area contributed by atoms with Crippen LogP contribution in [0.25, 0.3) is 33.3 Å². The van der Waals surface area contributed by atoms with Crippen LogP contribution < -0.4 is 10.1 Å². The molecule has 1 amide bonds. The average Bonchev–Trinajstić information content (AvgIpc) is 3.21. The first kappa shape index (κ1) is 20.4. The number of hydrogen-bond acceptors (Lipinski definition) is 4. The van der Waals surface area contributed by atoms with Crippen molar-refractivity contribution in [1.29, 1.82) is 0 Å². The van der Waals surface area contributed by atoms with E-state index in [1.54, 1.807) is 18.2 Å². The molecule has 1 heterocycles. The largest absolute Gasteiger partial charge is 0.494 e. The number of methoxy groups -OCH3 is 1. The molecule has 1 N–H and O–H groups in total. The van der Waals surface area contributed by atoms with E-state index in [4.69, 9.17) is 32.4 Å². The summed E-state index contributed by atoms with van der Waals surface area (Å²) in [6.07, 6.45) is 0. The SMILES string of the molecule is COc1c(Cl)cc(Cl)cc1C(=O)Nc1ccc2oc(-c3ccc4ccccc4c3)nc2c1. The average molecular weight is 463 g/mol. The van der Waals surface area contributed by atoms with Gasteiger partial charge in [0.05, 0.1) is 17.7 Å². The van der Waals surface area contributed by atoms with Gasteiger partial charge in [0.1, 0.15) is 11.3 Å². The molecule has 0 radical (unpaired) electrons. The molecule has 5 aromatic rings. The predicted molar refractivity (Wildman–Crippen MR) is 128 cm³/mol. The van der Waals surface area contributed by atoms with Crippen molar-refractivity contribution in [3.63, 3.8) is 0 Å². The molecule has 0 saturated heterocycles. The highest BCUT2D eigenvalue weighted by Crippen LogP contribution is 2.33. The van der Waals surface area contributed by atoms with E-state index in [0.717, 1.165) is 16.3 Å². The van der Waals surface area contributed by atoms with Crippen molar-refractivity contribution in [2.24, 2.45) is 0 Å². The molecule has 0 fully saturated rings. The molecular formula is C25H16Cl2N2O3. The van der Waals surface area contributed by atoms with Crippen LogP contribution in [0.15, 0.2) is 77.2 Å². The summed E-state index contributed by atoms with van der Waals surface area (Å²) in [5.74, 6) is 0.371. The topological polar surface area (TPSA) is 64.4 Å². The van der Waals surface area contributed by atoms with Gasteiger partial charge in [-0.1, -0.05) is 53.5 Å². The van der Waals surface area contributed by atoms with Gasteiger partial charge in [0.2, 0.25) is 5.89 Å². The molecule has 0 unspecified atom stereocenters. The lowest BCUT2D eigenvalue weighted by molar-refractivity contribution is 0.102. The Morgan fingerprint density at radius 1 is 0.969 bits per heavy atom. The zero-order valence-corrected chi connectivity index (χ0v) is 18.4. The van der Waals surface area contributed by atoms with E-state index in [9.17, 15) is 4.79 Å². The Morgan fingerprint density at radius 3 is 2.59 bits per heavy atom. The third kappa shape index (κ3) is 3.77. The summed E-state index contributed by atoms with van der Waals surface area (Å²) in [6.45, 7) is 0. The fourth-order valence-corrected chi connectivity index (χ4v) is 4.16. The first-order valence-electron chi connectivity index (χ1n) is 9.76. The van der Waals surface area contributed by atoms with E-state index in [1.807, 2.05) is 36.4 Å². The number of carbonyl (C=O) groups is 1. The predicted octanol–water partition coefficient (Wildman–Crippen LogP) is 7.22. The molecule has 0 aliphatic carbocycles. The summed E-state index contributed by atoms with van der Waals surface area (Å²) < 4.78 is 11.2. The molecule has 0 aliphatic rings. The maximum Gasteiger partial charge on any atom is 0.259 e. The van der Waals surface area contributed by atoms with Gasteiger partial charge in [-0.2, -0.15) is 0 Å². The minimum Gasteiger partial charge on any atom is -0.494 e. The number of nitrogens with one attached hydrogen (secondary N) is 1. The lowest BCUT2D eigenvalue weighted by Crippen LogP contribution is -2.13. The van der Waals surface area contributed by atoms with Gasteiger partial charge in [-0.25, -0.2) is 4.98 Å². The van der Waals surface area contributed by atoms with Gasteiger partial charge in [0.15, 0.2) is 5.58 Å². The Bertz CT molecular complexity index is 1490. The molecule has 0 aliphatic heterocycles. The number of carbonyl (C=O) groups excluding carboxylic acids is 1. The summed E-state index contributed by atoms with van der Waals surface area (Å²) in [4.78, 5) is 17.4. The fourth-order valence-electron chi connectivity index (χ4n) is 3.59. The second kappa shape index (κ2) is 8.19. The molecule has 0 spiro atoms. The van der Waals surface area contributed by atoms with Crippen molar-refractivity contribution >= 4 is 56.7 Å². The van der Waals surface area contributed by atoms with E-state index < -0.39 is 5.91 Å². The first-order valence-corrected chi connectivity index (χ1v) is 10.5. The number of fused-ring (bicyclic) bond motifs is 2. The Labute approximate surface area is 193 Å². The molecule has 32 heavy (non-hydrogen) atoms. The standard InChI is InChI=1S/C25H16Cl2N2O3/c1-31-23-19(11-17(26)12-20(23)27)24(30)28-18-8-9-22-21(13-18)29-25(32-22)16-7-6-14-4-2-3-5-15(14)10-16/h2-13H,1H3,(H,28,30). The molecular weight excluding hydrogens is 447 g/mol. The summed E-state index contributed by atoms with van der Waals surface area (Å²) in [7, 11) is 1.45. The monoisotopic (exact) mass is 462 g/mol. The van der Waals surface area contributed by atoms with E-state index in [2.05, 4.69) is 16.4 Å². The first-order chi connectivity index (χ1) is 15.5. The Morgan fingerprint density at radius 2 is 1.78 bits per heavy atom. The van der Waals surface area contributed by atoms with E-state index in [0.29, 0.717) is 27.7 Å². The van der Waals surface area contributed by atoms with Gasteiger partial charge >= 0.3 is 0 Å². The molecule has 5 nitrogen and oxygen atoms in total. The lowest BCUT2D eigenvalue weighted by Gasteiger charge is -2.11. The van der Waals surface area contributed by atoms with Gasteiger partial charge in [-0.15, -0.1) is 0 Å². The van der Waals surface area contributed by atoms with Crippen molar-refractivity contribution in [2.45, 2.75) is 0 Å².